The van der Waals surface area contributed by atoms with E-state index in [9.17, 15) is 18.4 Å². The Bertz CT molecular complexity index is 579. The van der Waals surface area contributed by atoms with E-state index in [2.05, 4.69) is 4.98 Å². The average molecular weight is 314 g/mol. The molecule has 112 valence electrons. The second kappa shape index (κ2) is 5.79. The van der Waals surface area contributed by atoms with Gasteiger partial charge in [0.2, 0.25) is 0 Å². The van der Waals surface area contributed by atoms with Gasteiger partial charge in [0.05, 0.1) is 11.6 Å². The fraction of sp³-hybridized carbons (Fsp3) is 0.444. The molecule has 0 saturated carbocycles. The lowest BCUT2D eigenvalue weighted by Gasteiger charge is -2.24. The molecule has 0 spiro atoms. The molecule has 0 saturated heterocycles. The minimum Gasteiger partial charge on any atom is -0.394 e. The van der Waals surface area contributed by atoms with Crippen molar-refractivity contribution in [1.82, 2.24) is 9.55 Å². The maximum atomic E-state index is 13.6. The van der Waals surface area contributed by atoms with E-state index in [-0.39, 0.29) is 4.57 Å². The number of carbonyl (C=O) groups is 1. The van der Waals surface area contributed by atoms with Crippen molar-refractivity contribution in [2.24, 2.45) is 0 Å². The topological polar surface area (TPSA) is 139 Å². The monoisotopic (exact) mass is 313 g/mol. The van der Waals surface area contributed by atoms with Crippen LogP contribution in [-0.2, 0) is 0 Å². The highest BCUT2D eigenvalue weighted by atomic mass is 35.5. The van der Waals surface area contributed by atoms with Crippen LogP contribution in [0.25, 0.3) is 0 Å². The molecule has 1 aromatic rings. The van der Waals surface area contributed by atoms with Crippen LogP contribution in [0.1, 0.15) is 4.79 Å². The molecular weight excluding hydrogens is 304 g/mol. The lowest BCUT2D eigenvalue weighted by Crippen LogP contribution is -2.53. The number of anilines is 1. The summed E-state index contributed by atoms with van der Waals surface area (Å²) in [6.45, 7) is -1.21. The fourth-order valence-electron chi connectivity index (χ4n) is 1.22. The first kappa shape index (κ1) is 16.4. The Morgan fingerprint density at radius 1 is 1.55 bits per heavy atom. The van der Waals surface area contributed by atoms with Crippen molar-refractivity contribution in [3.63, 3.8) is 0 Å². The Morgan fingerprint density at radius 3 is 2.60 bits per heavy atom. The summed E-state index contributed by atoms with van der Waals surface area (Å²) >= 11 is 5.45. The van der Waals surface area contributed by atoms with Gasteiger partial charge in [0.25, 0.3) is 0 Å². The lowest BCUT2D eigenvalue weighted by atomic mass is 10.1. The van der Waals surface area contributed by atoms with E-state index in [1.807, 2.05) is 0 Å². The predicted molar refractivity (Wildman–Crippen MR) is 62.6 cm³/mol. The van der Waals surface area contributed by atoms with Crippen molar-refractivity contribution in [2.45, 2.75) is 18.1 Å². The summed E-state index contributed by atoms with van der Waals surface area (Å²) in [4.78, 5) is 25.9. The molecule has 1 aromatic heterocycles. The molecule has 0 aliphatic heterocycles. The molecule has 1 rings (SSSR count). The minimum absolute atomic E-state index is 0.147. The van der Waals surface area contributed by atoms with Crippen molar-refractivity contribution in [3.05, 3.63) is 21.7 Å². The van der Waals surface area contributed by atoms with Crippen molar-refractivity contribution >= 4 is 23.3 Å². The third kappa shape index (κ3) is 2.93. The largest absolute Gasteiger partial charge is 0.394 e. The summed E-state index contributed by atoms with van der Waals surface area (Å²) < 4.78 is 27.1. The number of alkyl halides is 2. The molecule has 0 bridgehead atoms. The van der Waals surface area contributed by atoms with Crippen molar-refractivity contribution in [3.8, 4) is 0 Å². The van der Waals surface area contributed by atoms with E-state index in [4.69, 9.17) is 32.7 Å². The SMILES string of the molecule is Nc1nc(=O)n(C(=O)C(F)(F)[C@@H](O)[C@H](O)CO)cc1Cl. The molecule has 20 heavy (non-hydrogen) atoms. The van der Waals surface area contributed by atoms with E-state index in [0.29, 0.717) is 6.20 Å². The van der Waals surface area contributed by atoms with Gasteiger partial charge >= 0.3 is 17.5 Å². The van der Waals surface area contributed by atoms with Gasteiger partial charge in [-0.05, 0) is 0 Å². The number of aromatic nitrogens is 2. The Morgan fingerprint density at radius 2 is 2.10 bits per heavy atom. The predicted octanol–water partition coefficient (Wildman–Crippen LogP) is -1.53. The lowest BCUT2D eigenvalue weighted by molar-refractivity contribution is -0.136. The molecule has 8 nitrogen and oxygen atoms in total. The molecule has 1 heterocycles. The van der Waals surface area contributed by atoms with Crippen LogP contribution in [0.2, 0.25) is 5.02 Å². The molecule has 2 atom stereocenters. The van der Waals surface area contributed by atoms with Crippen molar-refractivity contribution in [2.75, 3.05) is 12.3 Å². The van der Waals surface area contributed by atoms with Crippen LogP contribution in [0.4, 0.5) is 14.6 Å². The van der Waals surface area contributed by atoms with Gasteiger partial charge in [-0.15, -0.1) is 0 Å². The summed E-state index contributed by atoms with van der Waals surface area (Å²) in [5, 5.41) is 26.1. The van der Waals surface area contributed by atoms with Gasteiger partial charge in [-0.3, -0.25) is 4.79 Å². The Hall–Kier alpha value is -1.62. The first-order valence-corrected chi connectivity index (χ1v) is 5.45. The maximum Gasteiger partial charge on any atom is 0.356 e. The smallest absolute Gasteiger partial charge is 0.356 e. The summed E-state index contributed by atoms with van der Waals surface area (Å²) in [7, 11) is 0. The number of aliphatic hydroxyl groups excluding tert-OH is 3. The van der Waals surface area contributed by atoms with E-state index < -0.39 is 47.2 Å². The Labute approximate surface area is 115 Å². The van der Waals surface area contributed by atoms with E-state index in [1.165, 1.54) is 0 Å². The number of nitrogens with two attached hydrogens (primary N) is 1. The Kier molecular flexibility index (Phi) is 4.76. The van der Waals surface area contributed by atoms with E-state index in [1.54, 1.807) is 0 Å². The van der Waals surface area contributed by atoms with Crippen LogP contribution in [0, 0.1) is 0 Å². The van der Waals surface area contributed by atoms with Crippen molar-refractivity contribution in [1.29, 1.82) is 0 Å². The van der Waals surface area contributed by atoms with Crippen LogP contribution in [0.5, 0.6) is 0 Å². The number of rotatable bonds is 4. The first-order valence-electron chi connectivity index (χ1n) is 5.07. The van der Waals surface area contributed by atoms with Crippen LogP contribution in [-0.4, -0.2) is 55.5 Å². The molecule has 0 radical (unpaired) electrons. The van der Waals surface area contributed by atoms with Gasteiger partial charge in [0.1, 0.15) is 11.9 Å². The number of hydrogen-bond donors (Lipinski definition) is 4. The molecule has 0 aliphatic carbocycles. The molecule has 0 amide bonds. The molecule has 0 aromatic carbocycles. The third-order valence-corrected chi connectivity index (χ3v) is 2.63. The fourth-order valence-corrected chi connectivity index (χ4v) is 1.36. The normalized spacial score (nSPS) is 14.9. The number of halogens is 3. The quantitative estimate of drug-likeness (QED) is 0.529. The van der Waals surface area contributed by atoms with Crippen LogP contribution in [0.3, 0.4) is 0 Å². The summed E-state index contributed by atoms with van der Waals surface area (Å²) in [5.74, 6) is -7.18. The molecule has 0 fully saturated rings. The summed E-state index contributed by atoms with van der Waals surface area (Å²) in [6.07, 6.45) is -4.68. The summed E-state index contributed by atoms with van der Waals surface area (Å²) in [6, 6.07) is 0. The van der Waals surface area contributed by atoms with Crippen molar-refractivity contribution < 1.29 is 28.9 Å². The maximum absolute atomic E-state index is 13.6. The van der Waals surface area contributed by atoms with Gasteiger partial charge in [-0.1, -0.05) is 11.6 Å². The first-order chi connectivity index (χ1) is 9.12. The van der Waals surface area contributed by atoms with Gasteiger partial charge in [0, 0.05) is 6.20 Å². The third-order valence-electron chi connectivity index (χ3n) is 2.34. The number of nitrogen functional groups attached to an aromatic ring is 1. The van der Waals surface area contributed by atoms with Gasteiger partial charge in [-0.2, -0.15) is 13.8 Å². The highest BCUT2D eigenvalue weighted by Gasteiger charge is 2.51. The summed E-state index contributed by atoms with van der Waals surface area (Å²) in [5.41, 5.74) is 3.72. The zero-order chi connectivity index (χ0) is 15.7. The minimum atomic E-state index is -4.55. The zero-order valence-electron chi connectivity index (χ0n) is 9.70. The van der Waals surface area contributed by atoms with Gasteiger partial charge < -0.3 is 21.1 Å². The molecular formula is C9H10ClF2N3O5. The highest BCUT2D eigenvalue weighted by Crippen LogP contribution is 2.24. The molecule has 0 unspecified atom stereocenters. The molecule has 11 heteroatoms. The number of hydrogen-bond acceptors (Lipinski definition) is 7. The number of nitrogens with zero attached hydrogens (tertiary/aromatic N) is 2. The standard InChI is InChI=1S/C9H10ClF2N3O5/c10-3-1-15(8(20)14-6(3)13)7(19)9(11,12)5(18)4(17)2-16/h1,4-5,16-18H,2H2,(H2,13,14,20)/t4-,5+/m1/s1. The average Bonchev–Trinajstić information content (AvgIpc) is 2.40. The highest BCUT2D eigenvalue weighted by molar-refractivity contribution is 6.32. The number of carbonyl (C=O) groups excluding carboxylic acids is 1. The Balaban J connectivity index is 3.24. The number of aliphatic hydroxyl groups is 3. The van der Waals surface area contributed by atoms with E-state index >= 15 is 0 Å². The van der Waals surface area contributed by atoms with E-state index in [0.717, 1.165) is 0 Å². The van der Waals surface area contributed by atoms with Crippen LogP contribution >= 0.6 is 11.6 Å². The molecule has 5 N–H and O–H groups in total. The van der Waals surface area contributed by atoms with Gasteiger partial charge in [-0.25, -0.2) is 9.36 Å². The molecule has 0 aliphatic rings. The second-order valence-electron chi connectivity index (χ2n) is 3.75. The second-order valence-corrected chi connectivity index (χ2v) is 4.16. The van der Waals surface area contributed by atoms with Gasteiger partial charge in [0.15, 0.2) is 6.10 Å². The zero-order valence-corrected chi connectivity index (χ0v) is 10.5. The van der Waals surface area contributed by atoms with Crippen LogP contribution in [0.15, 0.2) is 11.0 Å². The van der Waals surface area contributed by atoms with Crippen LogP contribution < -0.4 is 11.4 Å².